The first-order valence-corrected chi connectivity index (χ1v) is 8.06. The zero-order chi connectivity index (χ0) is 16.7. The van der Waals surface area contributed by atoms with Crippen molar-refractivity contribution in [1.29, 1.82) is 0 Å². The summed E-state index contributed by atoms with van der Waals surface area (Å²) in [4.78, 5) is 27.9. The lowest BCUT2D eigenvalue weighted by molar-refractivity contribution is 0.0695. The molecule has 8 heteroatoms. The van der Waals surface area contributed by atoms with Gasteiger partial charge in [-0.1, -0.05) is 18.0 Å². The number of aromatic nitrogens is 2. The van der Waals surface area contributed by atoms with Gasteiger partial charge >= 0.3 is 5.97 Å². The molecular weight excluding hydrogens is 314 g/mol. The topological polar surface area (TPSA) is 118 Å². The molecule has 0 atom stereocenters. The number of carboxylic acid groups (broad SMARTS) is 1. The number of aromatic carboxylic acids is 1. The van der Waals surface area contributed by atoms with Crippen LogP contribution in [0.2, 0.25) is 0 Å². The molecule has 2 N–H and O–H groups in total. The standard InChI is InChI=1S/C16H17N3O5/c20-12(11-7-10(8-23-11)14(21)22)18-16(5-1-2-6-16)15-17-13(24-19-15)9-3-4-9/h7-9H,1-6H2,(H,18,20)(H,21,22). The van der Waals surface area contributed by atoms with E-state index in [4.69, 9.17) is 14.0 Å². The van der Waals surface area contributed by atoms with Crippen molar-refractivity contribution in [1.82, 2.24) is 15.5 Å². The first-order valence-electron chi connectivity index (χ1n) is 8.06. The molecule has 0 radical (unpaired) electrons. The summed E-state index contributed by atoms with van der Waals surface area (Å²) in [6.07, 6.45) is 6.51. The van der Waals surface area contributed by atoms with E-state index in [1.165, 1.54) is 6.07 Å². The summed E-state index contributed by atoms with van der Waals surface area (Å²) in [6, 6.07) is 1.21. The first-order chi connectivity index (χ1) is 11.6. The Bertz CT molecular complexity index is 783. The van der Waals surface area contributed by atoms with Gasteiger partial charge < -0.3 is 19.4 Å². The van der Waals surface area contributed by atoms with Gasteiger partial charge in [-0.05, 0) is 25.7 Å². The maximum atomic E-state index is 12.5. The summed E-state index contributed by atoms with van der Waals surface area (Å²) >= 11 is 0. The van der Waals surface area contributed by atoms with Gasteiger partial charge in [0.25, 0.3) is 5.91 Å². The van der Waals surface area contributed by atoms with Crippen LogP contribution in [0.3, 0.4) is 0 Å². The maximum absolute atomic E-state index is 12.5. The van der Waals surface area contributed by atoms with Crippen LogP contribution in [0.4, 0.5) is 0 Å². The lowest BCUT2D eigenvalue weighted by atomic mass is 9.96. The maximum Gasteiger partial charge on any atom is 0.338 e. The smallest absolute Gasteiger partial charge is 0.338 e. The van der Waals surface area contributed by atoms with Crippen molar-refractivity contribution in [3.63, 3.8) is 0 Å². The van der Waals surface area contributed by atoms with Gasteiger partial charge in [-0.25, -0.2) is 4.79 Å². The molecule has 2 fully saturated rings. The predicted octanol–water partition coefficient (Wildman–Crippen LogP) is 2.44. The lowest BCUT2D eigenvalue weighted by Crippen LogP contribution is -2.44. The van der Waals surface area contributed by atoms with Crippen LogP contribution in [-0.4, -0.2) is 27.1 Å². The average molecular weight is 331 g/mol. The predicted molar refractivity (Wildman–Crippen MR) is 79.6 cm³/mol. The molecule has 8 nitrogen and oxygen atoms in total. The van der Waals surface area contributed by atoms with Crippen molar-refractivity contribution >= 4 is 11.9 Å². The van der Waals surface area contributed by atoms with Gasteiger partial charge in [0.15, 0.2) is 11.6 Å². The average Bonchev–Trinajstić information content (AvgIpc) is 3.02. The van der Waals surface area contributed by atoms with E-state index >= 15 is 0 Å². The van der Waals surface area contributed by atoms with Gasteiger partial charge in [0.05, 0.1) is 5.56 Å². The van der Waals surface area contributed by atoms with E-state index < -0.39 is 17.4 Å². The third kappa shape index (κ3) is 2.57. The minimum Gasteiger partial charge on any atom is -0.478 e. The monoisotopic (exact) mass is 331 g/mol. The molecule has 0 unspecified atom stereocenters. The molecule has 24 heavy (non-hydrogen) atoms. The number of carbonyl (C=O) groups excluding carboxylic acids is 1. The zero-order valence-electron chi connectivity index (χ0n) is 12.9. The Morgan fingerprint density at radius 2 is 2.04 bits per heavy atom. The van der Waals surface area contributed by atoms with Crippen molar-refractivity contribution in [2.45, 2.75) is 50.0 Å². The number of furan rings is 1. The SMILES string of the molecule is O=C(O)c1coc(C(=O)NC2(c3noc(C4CC4)n3)CCCC2)c1. The highest BCUT2D eigenvalue weighted by Gasteiger charge is 2.43. The minimum atomic E-state index is -1.14. The van der Waals surface area contributed by atoms with Crippen molar-refractivity contribution in [3.8, 4) is 0 Å². The highest BCUT2D eigenvalue weighted by Crippen LogP contribution is 2.42. The number of hydrogen-bond donors (Lipinski definition) is 2. The Morgan fingerprint density at radius 3 is 2.67 bits per heavy atom. The summed E-state index contributed by atoms with van der Waals surface area (Å²) in [7, 11) is 0. The van der Waals surface area contributed by atoms with Crippen LogP contribution >= 0.6 is 0 Å². The molecule has 2 saturated carbocycles. The highest BCUT2D eigenvalue weighted by molar-refractivity contribution is 5.95. The zero-order valence-corrected chi connectivity index (χ0v) is 12.9. The third-order valence-electron chi connectivity index (χ3n) is 4.68. The number of rotatable bonds is 5. The third-order valence-corrected chi connectivity index (χ3v) is 4.68. The molecular formula is C16H17N3O5. The Morgan fingerprint density at radius 1 is 1.29 bits per heavy atom. The highest BCUT2D eigenvalue weighted by atomic mass is 16.5. The number of carboxylic acids is 1. The fourth-order valence-corrected chi connectivity index (χ4v) is 3.16. The minimum absolute atomic E-state index is 0.0374. The van der Waals surface area contributed by atoms with Crippen molar-refractivity contribution in [3.05, 3.63) is 35.4 Å². The van der Waals surface area contributed by atoms with E-state index in [0.29, 0.717) is 17.6 Å². The van der Waals surface area contributed by atoms with Gasteiger partial charge in [0, 0.05) is 12.0 Å². The molecule has 0 aliphatic heterocycles. The largest absolute Gasteiger partial charge is 0.478 e. The van der Waals surface area contributed by atoms with Gasteiger partial charge in [-0.2, -0.15) is 4.98 Å². The van der Waals surface area contributed by atoms with E-state index in [1.54, 1.807) is 0 Å². The van der Waals surface area contributed by atoms with Gasteiger partial charge in [0.1, 0.15) is 11.8 Å². The van der Waals surface area contributed by atoms with Crippen molar-refractivity contribution < 1.29 is 23.6 Å². The van der Waals surface area contributed by atoms with E-state index in [0.717, 1.165) is 44.8 Å². The molecule has 2 aliphatic rings. The lowest BCUT2D eigenvalue weighted by Gasteiger charge is -2.26. The number of amides is 1. The molecule has 0 spiro atoms. The summed E-state index contributed by atoms with van der Waals surface area (Å²) < 4.78 is 10.4. The second-order valence-electron chi connectivity index (χ2n) is 6.48. The van der Waals surface area contributed by atoms with E-state index in [9.17, 15) is 9.59 Å². The van der Waals surface area contributed by atoms with Crippen LogP contribution in [0.1, 0.15) is 77.1 Å². The van der Waals surface area contributed by atoms with Gasteiger partial charge in [-0.3, -0.25) is 4.79 Å². The normalized spacial score (nSPS) is 19.3. The second kappa shape index (κ2) is 5.47. The van der Waals surface area contributed by atoms with Crippen LogP contribution in [0.25, 0.3) is 0 Å². The molecule has 0 aromatic carbocycles. The Kier molecular flexibility index (Phi) is 3.40. The van der Waals surface area contributed by atoms with Gasteiger partial charge in [-0.15, -0.1) is 0 Å². The van der Waals surface area contributed by atoms with Crippen LogP contribution in [-0.2, 0) is 5.54 Å². The molecule has 1 amide bonds. The molecule has 2 aliphatic carbocycles. The van der Waals surface area contributed by atoms with Crippen molar-refractivity contribution in [2.75, 3.05) is 0 Å². The van der Waals surface area contributed by atoms with Crippen molar-refractivity contribution in [2.24, 2.45) is 0 Å². The number of nitrogens with one attached hydrogen (secondary N) is 1. The fourth-order valence-electron chi connectivity index (χ4n) is 3.16. The molecule has 2 heterocycles. The van der Waals surface area contributed by atoms with Crippen LogP contribution in [0.15, 0.2) is 21.3 Å². The first kappa shape index (κ1) is 14.9. The number of carbonyl (C=O) groups is 2. The molecule has 0 saturated heterocycles. The van der Waals surface area contributed by atoms with Crippen LogP contribution in [0, 0.1) is 0 Å². The quantitative estimate of drug-likeness (QED) is 0.863. The summed E-state index contributed by atoms with van der Waals surface area (Å²) in [5.41, 5.74) is -0.736. The van der Waals surface area contributed by atoms with E-state index in [-0.39, 0.29) is 11.3 Å². The number of hydrogen-bond acceptors (Lipinski definition) is 6. The molecule has 0 bridgehead atoms. The van der Waals surface area contributed by atoms with Crippen LogP contribution in [0.5, 0.6) is 0 Å². The Hall–Kier alpha value is -2.64. The molecule has 2 aromatic heterocycles. The molecule has 126 valence electrons. The van der Waals surface area contributed by atoms with E-state index in [2.05, 4.69) is 15.5 Å². The fraction of sp³-hybridized carbons (Fsp3) is 0.500. The van der Waals surface area contributed by atoms with Gasteiger partial charge in [0.2, 0.25) is 5.89 Å². The summed E-state index contributed by atoms with van der Waals surface area (Å²) in [5, 5.41) is 16.0. The molecule has 2 aromatic rings. The Balaban J connectivity index is 1.57. The van der Waals surface area contributed by atoms with Crippen LogP contribution < -0.4 is 5.32 Å². The number of nitrogens with zero attached hydrogens (tertiary/aromatic N) is 2. The Labute approximate surface area is 137 Å². The summed E-state index contributed by atoms with van der Waals surface area (Å²) in [6.45, 7) is 0. The van der Waals surface area contributed by atoms with E-state index in [1.807, 2.05) is 0 Å². The second-order valence-corrected chi connectivity index (χ2v) is 6.48. The molecule has 4 rings (SSSR count). The summed E-state index contributed by atoms with van der Waals surface area (Å²) in [5.74, 6) is -0.159.